The van der Waals surface area contributed by atoms with Crippen molar-refractivity contribution in [1.82, 2.24) is 5.32 Å². The molecular weight excluding hydrogens is 349 g/mol. The van der Waals surface area contributed by atoms with Gasteiger partial charge in [-0.15, -0.1) is 11.3 Å². The second-order valence-electron chi connectivity index (χ2n) is 6.01. The summed E-state index contributed by atoms with van der Waals surface area (Å²) in [4.78, 5) is 13.1. The lowest BCUT2D eigenvalue weighted by Gasteiger charge is -2.13. The first-order valence-electron chi connectivity index (χ1n) is 8.45. The van der Waals surface area contributed by atoms with Gasteiger partial charge in [-0.25, -0.2) is 4.39 Å². The van der Waals surface area contributed by atoms with E-state index < -0.39 is 6.10 Å². The first kappa shape index (κ1) is 18.3. The van der Waals surface area contributed by atoms with Gasteiger partial charge in [0.25, 0.3) is 0 Å². The first-order valence-corrected chi connectivity index (χ1v) is 9.33. The SMILES string of the molecule is O=C(CCc1ccccc1F)NCC(O)c1ccc(-c2cccs2)cc1. The van der Waals surface area contributed by atoms with Crippen LogP contribution in [0.1, 0.15) is 23.7 Å². The smallest absolute Gasteiger partial charge is 0.220 e. The molecule has 3 aromatic rings. The van der Waals surface area contributed by atoms with E-state index in [2.05, 4.69) is 5.32 Å². The van der Waals surface area contributed by atoms with Crippen LogP contribution >= 0.6 is 11.3 Å². The van der Waals surface area contributed by atoms with Crippen LogP contribution in [-0.2, 0) is 11.2 Å². The van der Waals surface area contributed by atoms with Crippen molar-refractivity contribution in [3.63, 3.8) is 0 Å². The Morgan fingerprint density at radius 1 is 1.08 bits per heavy atom. The number of aliphatic hydroxyl groups excluding tert-OH is 1. The fraction of sp³-hybridized carbons (Fsp3) is 0.190. The molecule has 5 heteroatoms. The number of benzene rings is 2. The molecule has 0 aliphatic carbocycles. The predicted molar refractivity (Wildman–Crippen MR) is 102 cm³/mol. The number of rotatable bonds is 7. The molecule has 0 bridgehead atoms. The van der Waals surface area contributed by atoms with E-state index >= 15 is 0 Å². The standard InChI is InChI=1S/C21H20FNO2S/c22-18-5-2-1-4-15(18)11-12-21(25)23-14-19(24)16-7-9-17(10-8-16)20-6-3-13-26-20/h1-10,13,19,24H,11-12,14H2,(H,23,25). The van der Waals surface area contributed by atoms with Crippen molar-refractivity contribution in [2.45, 2.75) is 18.9 Å². The number of amides is 1. The molecule has 0 saturated carbocycles. The van der Waals surface area contributed by atoms with Crippen molar-refractivity contribution in [3.05, 3.63) is 83.0 Å². The molecule has 2 N–H and O–H groups in total. The van der Waals surface area contributed by atoms with E-state index in [9.17, 15) is 14.3 Å². The number of aryl methyl sites for hydroxylation is 1. The molecule has 3 rings (SSSR count). The Morgan fingerprint density at radius 3 is 2.54 bits per heavy atom. The van der Waals surface area contributed by atoms with Crippen molar-refractivity contribution >= 4 is 17.2 Å². The average molecular weight is 369 g/mol. The van der Waals surface area contributed by atoms with E-state index in [1.807, 2.05) is 41.8 Å². The third-order valence-corrected chi connectivity index (χ3v) is 5.09. The van der Waals surface area contributed by atoms with E-state index in [-0.39, 0.29) is 24.7 Å². The number of carbonyl (C=O) groups is 1. The van der Waals surface area contributed by atoms with Crippen molar-refractivity contribution in [1.29, 1.82) is 0 Å². The highest BCUT2D eigenvalue weighted by atomic mass is 32.1. The van der Waals surface area contributed by atoms with Crippen molar-refractivity contribution in [2.24, 2.45) is 0 Å². The first-order chi connectivity index (χ1) is 12.6. The zero-order valence-electron chi connectivity index (χ0n) is 14.2. The molecule has 2 aromatic carbocycles. The monoisotopic (exact) mass is 369 g/mol. The highest BCUT2D eigenvalue weighted by Gasteiger charge is 2.11. The van der Waals surface area contributed by atoms with Gasteiger partial charge in [0.2, 0.25) is 5.91 Å². The Balaban J connectivity index is 1.48. The maximum absolute atomic E-state index is 13.5. The van der Waals surface area contributed by atoms with Crippen LogP contribution in [0.5, 0.6) is 0 Å². The van der Waals surface area contributed by atoms with Crippen LogP contribution in [0.15, 0.2) is 66.0 Å². The lowest BCUT2D eigenvalue weighted by Crippen LogP contribution is -2.28. The Labute approximate surface area is 156 Å². The maximum atomic E-state index is 13.5. The fourth-order valence-electron chi connectivity index (χ4n) is 2.68. The van der Waals surface area contributed by atoms with Crippen LogP contribution in [0, 0.1) is 5.82 Å². The van der Waals surface area contributed by atoms with Gasteiger partial charge in [0.1, 0.15) is 5.82 Å². The van der Waals surface area contributed by atoms with Gasteiger partial charge in [-0.05, 0) is 40.6 Å². The molecule has 1 aromatic heterocycles. The summed E-state index contributed by atoms with van der Waals surface area (Å²) >= 11 is 1.66. The minimum atomic E-state index is -0.773. The lowest BCUT2D eigenvalue weighted by molar-refractivity contribution is -0.121. The molecule has 0 spiro atoms. The van der Waals surface area contributed by atoms with Crippen LogP contribution in [0.4, 0.5) is 4.39 Å². The topological polar surface area (TPSA) is 49.3 Å². The molecule has 1 atom stereocenters. The molecule has 134 valence electrons. The quantitative estimate of drug-likeness (QED) is 0.651. The second-order valence-corrected chi connectivity index (χ2v) is 6.96. The number of halogens is 1. The number of thiophene rings is 1. The van der Waals surface area contributed by atoms with Crippen LogP contribution in [0.2, 0.25) is 0 Å². The molecule has 0 aliphatic heterocycles. The van der Waals surface area contributed by atoms with Crippen LogP contribution in [0.3, 0.4) is 0 Å². The van der Waals surface area contributed by atoms with Gasteiger partial charge in [0, 0.05) is 17.8 Å². The summed E-state index contributed by atoms with van der Waals surface area (Å²) in [6.07, 6.45) is -0.250. The molecule has 0 radical (unpaired) electrons. The minimum absolute atomic E-state index is 0.133. The predicted octanol–water partition coefficient (Wildman–Crippen LogP) is 4.34. The zero-order chi connectivity index (χ0) is 18.4. The van der Waals surface area contributed by atoms with Crippen molar-refractivity contribution in [3.8, 4) is 10.4 Å². The largest absolute Gasteiger partial charge is 0.387 e. The Bertz CT molecular complexity index is 847. The number of carbonyl (C=O) groups excluding carboxylic acids is 1. The number of hydrogen-bond acceptors (Lipinski definition) is 3. The van der Waals surface area contributed by atoms with E-state index in [4.69, 9.17) is 0 Å². The van der Waals surface area contributed by atoms with Gasteiger partial charge in [-0.1, -0.05) is 48.5 Å². The Morgan fingerprint density at radius 2 is 1.85 bits per heavy atom. The van der Waals surface area contributed by atoms with E-state index in [1.54, 1.807) is 29.5 Å². The van der Waals surface area contributed by atoms with Gasteiger partial charge >= 0.3 is 0 Å². The van der Waals surface area contributed by atoms with Gasteiger partial charge < -0.3 is 10.4 Å². The van der Waals surface area contributed by atoms with Crippen molar-refractivity contribution in [2.75, 3.05) is 6.54 Å². The molecule has 0 saturated heterocycles. The third-order valence-electron chi connectivity index (χ3n) is 4.17. The molecule has 1 amide bonds. The summed E-state index contributed by atoms with van der Waals surface area (Å²) in [6, 6.07) is 18.1. The van der Waals surface area contributed by atoms with Crippen LogP contribution in [0.25, 0.3) is 10.4 Å². The summed E-state index contributed by atoms with van der Waals surface area (Å²) in [5.74, 6) is -0.506. The summed E-state index contributed by atoms with van der Waals surface area (Å²) in [5, 5.41) is 15.0. The average Bonchev–Trinajstić information content (AvgIpc) is 3.20. The van der Waals surface area contributed by atoms with Crippen LogP contribution in [-0.4, -0.2) is 17.6 Å². The summed E-state index contributed by atoms with van der Waals surface area (Å²) in [6.45, 7) is 0.133. The zero-order valence-corrected chi connectivity index (χ0v) is 15.0. The number of aliphatic hydroxyl groups is 1. The maximum Gasteiger partial charge on any atom is 0.220 e. The summed E-state index contributed by atoms with van der Waals surface area (Å²) in [7, 11) is 0. The van der Waals surface area contributed by atoms with Crippen LogP contribution < -0.4 is 5.32 Å². The lowest BCUT2D eigenvalue weighted by atomic mass is 10.1. The Hall–Kier alpha value is -2.50. The molecule has 3 nitrogen and oxygen atoms in total. The highest BCUT2D eigenvalue weighted by molar-refractivity contribution is 7.13. The Kier molecular flexibility index (Phi) is 6.15. The van der Waals surface area contributed by atoms with E-state index in [1.165, 1.54) is 10.9 Å². The normalized spacial score (nSPS) is 11.9. The molecule has 0 aliphatic rings. The molecule has 26 heavy (non-hydrogen) atoms. The fourth-order valence-corrected chi connectivity index (χ4v) is 3.41. The summed E-state index contributed by atoms with van der Waals surface area (Å²) in [5.41, 5.74) is 2.37. The van der Waals surface area contributed by atoms with Gasteiger partial charge in [-0.3, -0.25) is 4.79 Å². The van der Waals surface area contributed by atoms with E-state index in [0.29, 0.717) is 12.0 Å². The molecular formula is C21H20FNO2S. The third kappa shape index (κ3) is 4.77. The van der Waals surface area contributed by atoms with E-state index in [0.717, 1.165) is 11.1 Å². The van der Waals surface area contributed by atoms with Gasteiger partial charge in [0.15, 0.2) is 0 Å². The number of nitrogens with one attached hydrogen (secondary N) is 1. The number of hydrogen-bond donors (Lipinski definition) is 2. The summed E-state index contributed by atoms with van der Waals surface area (Å²) < 4.78 is 13.5. The van der Waals surface area contributed by atoms with Crippen molar-refractivity contribution < 1.29 is 14.3 Å². The molecule has 1 unspecified atom stereocenters. The van der Waals surface area contributed by atoms with Gasteiger partial charge in [0.05, 0.1) is 6.10 Å². The molecule has 1 heterocycles. The second kappa shape index (κ2) is 8.74. The highest BCUT2D eigenvalue weighted by Crippen LogP contribution is 2.25. The minimum Gasteiger partial charge on any atom is -0.387 e. The van der Waals surface area contributed by atoms with Gasteiger partial charge in [-0.2, -0.15) is 0 Å². The molecule has 0 fully saturated rings.